The summed E-state index contributed by atoms with van der Waals surface area (Å²) in [6.45, 7) is 4.13. The van der Waals surface area contributed by atoms with Crippen molar-refractivity contribution in [3.05, 3.63) is 16.9 Å². The average Bonchev–Trinajstić information content (AvgIpc) is 2.30. The molecule has 1 aromatic rings. The van der Waals surface area contributed by atoms with Crippen LogP contribution in [0.2, 0.25) is 5.02 Å². The van der Waals surface area contributed by atoms with Crippen LogP contribution in [0, 0.1) is 5.82 Å². The molecule has 5 heteroatoms. The number of rotatable bonds is 5. The minimum absolute atomic E-state index is 0.0759. The molecule has 0 spiro atoms. The van der Waals surface area contributed by atoms with Crippen LogP contribution in [0.1, 0.15) is 33.1 Å². The first-order chi connectivity index (χ1) is 8.01. The minimum atomic E-state index is -0.571. The van der Waals surface area contributed by atoms with E-state index in [-0.39, 0.29) is 22.4 Å². The van der Waals surface area contributed by atoms with Gasteiger partial charge in [0.05, 0.1) is 17.1 Å². The third-order valence-electron chi connectivity index (χ3n) is 2.74. The Morgan fingerprint density at radius 3 is 2.53 bits per heavy atom. The molecule has 3 nitrogen and oxygen atoms in total. The molecule has 0 aliphatic rings. The van der Waals surface area contributed by atoms with Gasteiger partial charge in [0.2, 0.25) is 0 Å². The number of nitrogens with one attached hydrogen (secondary N) is 1. The van der Waals surface area contributed by atoms with Crippen molar-refractivity contribution in [3.8, 4) is 0 Å². The second-order valence-electron chi connectivity index (χ2n) is 4.10. The number of nitrogens with two attached hydrogens (primary N) is 2. The maximum Gasteiger partial charge on any atom is 0.169 e. The highest BCUT2D eigenvalue weighted by molar-refractivity contribution is 6.33. The molecule has 1 aromatic carbocycles. The minimum Gasteiger partial charge on any atom is -0.397 e. The summed E-state index contributed by atoms with van der Waals surface area (Å²) in [6.07, 6.45) is 2.88. The lowest BCUT2D eigenvalue weighted by atomic mass is 10.1. The van der Waals surface area contributed by atoms with Crippen LogP contribution in [0.15, 0.2) is 6.07 Å². The van der Waals surface area contributed by atoms with Crippen molar-refractivity contribution in [1.29, 1.82) is 0 Å². The molecule has 0 fully saturated rings. The van der Waals surface area contributed by atoms with E-state index >= 15 is 0 Å². The Morgan fingerprint density at radius 2 is 2.00 bits per heavy atom. The van der Waals surface area contributed by atoms with E-state index in [0.29, 0.717) is 5.69 Å². The smallest absolute Gasteiger partial charge is 0.169 e. The zero-order valence-electron chi connectivity index (χ0n) is 10.2. The summed E-state index contributed by atoms with van der Waals surface area (Å²) < 4.78 is 13.9. The van der Waals surface area contributed by atoms with Crippen LogP contribution >= 0.6 is 11.6 Å². The van der Waals surface area contributed by atoms with Gasteiger partial charge in [-0.05, 0) is 18.9 Å². The number of anilines is 3. The molecule has 17 heavy (non-hydrogen) atoms. The molecule has 5 N–H and O–H groups in total. The quantitative estimate of drug-likeness (QED) is 0.708. The summed E-state index contributed by atoms with van der Waals surface area (Å²) in [5.41, 5.74) is 12.0. The SMILES string of the molecule is CCCC(CC)Nc1c(N)cc(N)c(Cl)c1F. The van der Waals surface area contributed by atoms with Crippen LogP contribution in [-0.4, -0.2) is 6.04 Å². The Morgan fingerprint density at radius 1 is 1.35 bits per heavy atom. The van der Waals surface area contributed by atoms with Gasteiger partial charge in [-0.15, -0.1) is 0 Å². The molecule has 0 saturated carbocycles. The van der Waals surface area contributed by atoms with Gasteiger partial charge in [0.25, 0.3) is 0 Å². The highest BCUT2D eigenvalue weighted by Gasteiger charge is 2.16. The van der Waals surface area contributed by atoms with Crippen LogP contribution in [0.4, 0.5) is 21.5 Å². The van der Waals surface area contributed by atoms with Crippen molar-refractivity contribution in [2.75, 3.05) is 16.8 Å². The molecular weight excluding hydrogens is 241 g/mol. The van der Waals surface area contributed by atoms with Gasteiger partial charge in [-0.25, -0.2) is 4.39 Å². The molecule has 0 radical (unpaired) electrons. The van der Waals surface area contributed by atoms with Crippen LogP contribution in [-0.2, 0) is 0 Å². The maximum absolute atomic E-state index is 13.9. The second kappa shape index (κ2) is 5.96. The number of benzene rings is 1. The summed E-state index contributed by atoms with van der Waals surface area (Å²) >= 11 is 5.76. The first-order valence-electron chi connectivity index (χ1n) is 5.80. The Kier molecular flexibility index (Phi) is 4.87. The van der Waals surface area contributed by atoms with Gasteiger partial charge in [0, 0.05) is 6.04 Å². The first-order valence-corrected chi connectivity index (χ1v) is 6.18. The van der Waals surface area contributed by atoms with Crippen molar-refractivity contribution in [3.63, 3.8) is 0 Å². The monoisotopic (exact) mass is 259 g/mol. The summed E-state index contributed by atoms with van der Waals surface area (Å²) in [4.78, 5) is 0. The Balaban J connectivity index is 3.01. The summed E-state index contributed by atoms with van der Waals surface area (Å²) in [5, 5.41) is 3.02. The summed E-state index contributed by atoms with van der Waals surface area (Å²) in [5.74, 6) is -0.571. The Labute approximate surface area is 106 Å². The van der Waals surface area contributed by atoms with Crippen LogP contribution in [0.5, 0.6) is 0 Å². The maximum atomic E-state index is 13.9. The van der Waals surface area contributed by atoms with Crippen molar-refractivity contribution < 1.29 is 4.39 Å². The van der Waals surface area contributed by atoms with E-state index in [2.05, 4.69) is 12.2 Å². The van der Waals surface area contributed by atoms with Gasteiger partial charge < -0.3 is 16.8 Å². The topological polar surface area (TPSA) is 64.1 Å². The molecule has 0 saturated heterocycles. The molecule has 0 aliphatic carbocycles. The van der Waals surface area contributed by atoms with Crippen LogP contribution in [0.3, 0.4) is 0 Å². The van der Waals surface area contributed by atoms with Crippen LogP contribution in [0.25, 0.3) is 0 Å². The summed E-state index contributed by atoms with van der Waals surface area (Å²) in [7, 11) is 0. The number of hydrogen-bond acceptors (Lipinski definition) is 3. The van der Waals surface area contributed by atoms with Gasteiger partial charge in [-0.1, -0.05) is 31.9 Å². The van der Waals surface area contributed by atoms with Crippen molar-refractivity contribution in [1.82, 2.24) is 0 Å². The molecule has 1 rings (SSSR count). The van der Waals surface area contributed by atoms with E-state index in [0.717, 1.165) is 19.3 Å². The van der Waals surface area contributed by atoms with Gasteiger partial charge in [-0.2, -0.15) is 0 Å². The highest BCUT2D eigenvalue weighted by Crippen LogP contribution is 2.34. The normalized spacial score (nSPS) is 12.5. The molecule has 96 valence electrons. The van der Waals surface area contributed by atoms with Crippen molar-refractivity contribution in [2.45, 2.75) is 39.2 Å². The molecule has 0 aliphatic heterocycles. The predicted molar refractivity (Wildman–Crippen MR) is 72.8 cm³/mol. The van der Waals surface area contributed by atoms with E-state index in [1.54, 1.807) is 0 Å². The highest BCUT2D eigenvalue weighted by atomic mass is 35.5. The van der Waals surface area contributed by atoms with E-state index < -0.39 is 5.82 Å². The molecule has 0 amide bonds. The van der Waals surface area contributed by atoms with E-state index in [4.69, 9.17) is 23.1 Å². The fourth-order valence-corrected chi connectivity index (χ4v) is 1.89. The molecule has 1 unspecified atom stereocenters. The largest absolute Gasteiger partial charge is 0.397 e. The fraction of sp³-hybridized carbons (Fsp3) is 0.500. The molecular formula is C12H19ClFN3. The van der Waals surface area contributed by atoms with E-state index in [1.165, 1.54) is 6.07 Å². The lowest BCUT2D eigenvalue weighted by Crippen LogP contribution is -2.20. The van der Waals surface area contributed by atoms with Gasteiger partial charge in [0.1, 0.15) is 5.02 Å². The number of hydrogen-bond donors (Lipinski definition) is 3. The average molecular weight is 260 g/mol. The molecule has 0 heterocycles. The van der Waals surface area contributed by atoms with Gasteiger partial charge >= 0.3 is 0 Å². The van der Waals surface area contributed by atoms with Crippen molar-refractivity contribution >= 4 is 28.7 Å². The standard InChI is InChI=1S/C12H19ClFN3/c1-3-5-7(4-2)17-12-9(16)6-8(15)10(13)11(12)14/h6-7,17H,3-5,15-16H2,1-2H3. The number of halogens is 2. The third kappa shape index (κ3) is 3.16. The van der Waals surface area contributed by atoms with E-state index in [1.807, 2.05) is 6.92 Å². The zero-order chi connectivity index (χ0) is 13.0. The summed E-state index contributed by atoms with van der Waals surface area (Å²) in [6, 6.07) is 1.67. The molecule has 0 aromatic heterocycles. The Bertz CT molecular complexity index is 396. The lowest BCUT2D eigenvalue weighted by Gasteiger charge is -2.20. The first kappa shape index (κ1) is 13.9. The molecule has 1 atom stereocenters. The fourth-order valence-electron chi connectivity index (χ4n) is 1.74. The zero-order valence-corrected chi connectivity index (χ0v) is 10.9. The van der Waals surface area contributed by atoms with Crippen molar-refractivity contribution in [2.24, 2.45) is 0 Å². The van der Waals surface area contributed by atoms with E-state index in [9.17, 15) is 4.39 Å². The van der Waals surface area contributed by atoms with Gasteiger partial charge in [-0.3, -0.25) is 0 Å². The lowest BCUT2D eigenvalue weighted by molar-refractivity contribution is 0.600. The van der Waals surface area contributed by atoms with Gasteiger partial charge in [0.15, 0.2) is 5.82 Å². The Hall–Kier alpha value is -1.16. The van der Waals surface area contributed by atoms with Crippen LogP contribution < -0.4 is 16.8 Å². The predicted octanol–water partition coefficient (Wildman–Crippen LogP) is 3.63. The third-order valence-corrected chi connectivity index (χ3v) is 3.13. The number of nitrogen functional groups attached to an aromatic ring is 2. The molecule has 0 bridgehead atoms. The second-order valence-corrected chi connectivity index (χ2v) is 4.47.